The number of carbonyl (C=O) groups is 1. The molecule has 2 aromatic rings. The van der Waals surface area contributed by atoms with Gasteiger partial charge in [-0.1, -0.05) is 0 Å². The highest BCUT2D eigenvalue weighted by Gasteiger charge is 2.16. The summed E-state index contributed by atoms with van der Waals surface area (Å²) in [5.74, 6) is -1.12. The van der Waals surface area contributed by atoms with Crippen LogP contribution in [0, 0.1) is 21.4 Å². The summed E-state index contributed by atoms with van der Waals surface area (Å²) in [5.41, 5.74) is -0.644. The Hall–Kier alpha value is -3.47. The minimum absolute atomic E-state index is 0.0252. The van der Waals surface area contributed by atoms with Crippen LogP contribution in [-0.4, -0.2) is 21.0 Å². The van der Waals surface area contributed by atoms with E-state index in [1.165, 1.54) is 24.5 Å². The molecule has 1 aromatic heterocycles. The van der Waals surface area contributed by atoms with Crippen LogP contribution >= 0.6 is 0 Å². The van der Waals surface area contributed by atoms with Crippen molar-refractivity contribution in [1.82, 2.24) is 4.98 Å². The van der Waals surface area contributed by atoms with Crippen LogP contribution in [0.4, 0.5) is 5.69 Å². The van der Waals surface area contributed by atoms with E-state index in [9.17, 15) is 14.9 Å². The molecule has 1 heterocycles. The summed E-state index contributed by atoms with van der Waals surface area (Å²) in [7, 11) is 0. The molecule has 0 saturated heterocycles. The van der Waals surface area contributed by atoms with Gasteiger partial charge in [0.25, 0.3) is 5.69 Å². The lowest BCUT2D eigenvalue weighted by Gasteiger charge is -2.08. The van der Waals surface area contributed by atoms with Gasteiger partial charge in [-0.05, 0) is 12.1 Å². The van der Waals surface area contributed by atoms with E-state index >= 15 is 0 Å². The molecule has 0 unspecified atom stereocenters. The van der Waals surface area contributed by atoms with Crippen molar-refractivity contribution in [1.29, 1.82) is 5.26 Å². The molecule has 0 bridgehead atoms. The zero-order chi connectivity index (χ0) is 15.4. The number of nitriles is 1. The zero-order valence-electron chi connectivity index (χ0n) is 10.4. The summed E-state index contributed by atoms with van der Waals surface area (Å²) in [6.07, 6.45) is 2.50. The number of aromatic carboxylic acids is 1. The van der Waals surface area contributed by atoms with E-state index in [1.54, 1.807) is 6.07 Å². The number of nitro groups is 1. The number of aromatic nitrogens is 1. The number of pyridine rings is 1. The monoisotopic (exact) mass is 285 g/mol. The first-order valence-electron chi connectivity index (χ1n) is 5.56. The van der Waals surface area contributed by atoms with Gasteiger partial charge in [0.1, 0.15) is 22.9 Å². The van der Waals surface area contributed by atoms with Gasteiger partial charge in [-0.15, -0.1) is 0 Å². The molecule has 0 fully saturated rings. The van der Waals surface area contributed by atoms with Crippen molar-refractivity contribution >= 4 is 11.7 Å². The maximum Gasteiger partial charge on any atom is 0.339 e. The average Bonchev–Trinajstić information content (AvgIpc) is 2.47. The van der Waals surface area contributed by atoms with E-state index in [1.807, 2.05) is 0 Å². The number of benzene rings is 1. The van der Waals surface area contributed by atoms with Crippen LogP contribution in [0.1, 0.15) is 15.9 Å². The molecular formula is C13H7N3O5. The second kappa shape index (κ2) is 5.66. The number of nitrogens with zero attached hydrogens (tertiary/aromatic N) is 3. The Balaban J connectivity index is 2.40. The fourth-order valence-corrected chi connectivity index (χ4v) is 1.59. The van der Waals surface area contributed by atoms with Crippen LogP contribution in [0.25, 0.3) is 0 Å². The van der Waals surface area contributed by atoms with E-state index < -0.39 is 10.9 Å². The Labute approximate surface area is 118 Å². The largest absolute Gasteiger partial charge is 0.478 e. The lowest BCUT2D eigenvalue weighted by atomic mass is 10.2. The summed E-state index contributed by atoms with van der Waals surface area (Å²) in [5, 5.41) is 28.6. The van der Waals surface area contributed by atoms with Gasteiger partial charge in [-0.25, -0.2) is 4.79 Å². The normalized spacial score (nSPS) is 9.67. The number of hydrogen-bond acceptors (Lipinski definition) is 6. The second-order valence-electron chi connectivity index (χ2n) is 3.83. The highest BCUT2D eigenvalue weighted by Crippen LogP contribution is 2.28. The van der Waals surface area contributed by atoms with Crippen molar-refractivity contribution in [2.45, 2.75) is 0 Å². The molecule has 0 aliphatic carbocycles. The SMILES string of the molecule is N#Cc1cc(Oc2cnccc2C(=O)O)ccc1[N+](=O)[O-]. The Morgan fingerprint density at radius 3 is 2.81 bits per heavy atom. The summed E-state index contributed by atoms with van der Waals surface area (Å²) < 4.78 is 5.33. The van der Waals surface area contributed by atoms with Crippen LogP contribution in [0.15, 0.2) is 36.7 Å². The van der Waals surface area contributed by atoms with Gasteiger partial charge in [0, 0.05) is 18.3 Å². The van der Waals surface area contributed by atoms with Crippen molar-refractivity contribution in [2.24, 2.45) is 0 Å². The lowest BCUT2D eigenvalue weighted by Crippen LogP contribution is -2.00. The van der Waals surface area contributed by atoms with Crippen molar-refractivity contribution in [3.63, 3.8) is 0 Å². The molecule has 0 spiro atoms. The van der Waals surface area contributed by atoms with Crippen LogP contribution < -0.4 is 4.74 Å². The van der Waals surface area contributed by atoms with Gasteiger partial charge >= 0.3 is 5.97 Å². The van der Waals surface area contributed by atoms with Crippen LogP contribution in [0.3, 0.4) is 0 Å². The molecule has 1 N–H and O–H groups in total. The van der Waals surface area contributed by atoms with E-state index in [2.05, 4.69) is 4.98 Å². The topological polar surface area (TPSA) is 126 Å². The lowest BCUT2D eigenvalue weighted by molar-refractivity contribution is -0.385. The molecular weight excluding hydrogens is 278 g/mol. The van der Waals surface area contributed by atoms with Crippen molar-refractivity contribution in [3.05, 3.63) is 57.9 Å². The van der Waals surface area contributed by atoms with Crippen molar-refractivity contribution in [3.8, 4) is 17.6 Å². The second-order valence-corrected chi connectivity index (χ2v) is 3.83. The molecule has 0 aliphatic rings. The molecule has 8 nitrogen and oxygen atoms in total. The highest BCUT2D eigenvalue weighted by atomic mass is 16.6. The van der Waals surface area contributed by atoms with Gasteiger partial charge < -0.3 is 9.84 Å². The minimum Gasteiger partial charge on any atom is -0.478 e. The summed E-state index contributed by atoms with van der Waals surface area (Å²) in [4.78, 5) is 24.8. The summed E-state index contributed by atoms with van der Waals surface area (Å²) >= 11 is 0. The zero-order valence-corrected chi connectivity index (χ0v) is 10.4. The number of carboxylic acid groups (broad SMARTS) is 1. The first kappa shape index (κ1) is 14.0. The van der Waals surface area contributed by atoms with Gasteiger partial charge in [-0.2, -0.15) is 5.26 Å². The standard InChI is InChI=1S/C13H7N3O5/c14-6-8-5-9(1-2-11(8)16(19)20)21-12-7-15-4-3-10(12)13(17)18/h1-5,7H,(H,17,18). The fourth-order valence-electron chi connectivity index (χ4n) is 1.59. The van der Waals surface area contributed by atoms with Crippen LogP contribution in [0.2, 0.25) is 0 Å². The molecule has 0 radical (unpaired) electrons. The van der Waals surface area contributed by atoms with Crippen molar-refractivity contribution in [2.75, 3.05) is 0 Å². The summed E-state index contributed by atoms with van der Waals surface area (Å²) in [6.45, 7) is 0. The molecule has 0 aliphatic heterocycles. The number of rotatable bonds is 4. The molecule has 21 heavy (non-hydrogen) atoms. The predicted octanol–water partition coefficient (Wildman–Crippen LogP) is 2.35. The number of nitro benzene ring substituents is 1. The molecule has 0 saturated carbocycles. The minimum atomic E-state index is -1.20. The van der Waals surface area contributed by atoms with E-state index in [4.69, 9.17) is 15.1 Å². The average molecular weight is 285 g/mol. The number of carboxylic acids is 1. The molecule has 1 aromatic carbocycles. The molecule has 8 heteroatoms. The van der Waals surface area contributed by atoms with E-state index in [0.717, 1.165) is 12.1 Å². The van der Waals surface area contributed by atoms with Gasteiger partial charge in [0.2, 0.25) is 0 Å². The Morgan fingerprint density at radius 1 is 1.43 bits per heavy atom. The Morgan fingerprint density at radius 2 is 2.19 bits per heavy atom. The summed E-state index contributed by atoms with van der Waals surface area (Å²) in [6, 6.07) is 6.50. The third-order valence-corrected chi connectivity index (χ3v) is 2.53. The molecule has 2 rings (SSSR count). The quantitative estimate of drug-likeness (QED) is 0.674. The fraction of sp³-hybridized carbons (Fsp3) is 0. The molecule has 0 amide bonds. The van der Waals surface area contributed by atoms with E-state index in [-0.39, 0.29) is 28.3 Å². The van der Waals surface area contributed by atoms with Crippen LogP contribution in [0.5, 0.6) is 11.5 Å². The van der Waals surface area contributed by atoms with E-state index in [0.29, 0.717) is 0 Å². The first-order chi connectivity index (χ1) is 10.0. The first-order valence-corrected chi connectivity index (χ1v) is 5.56. The number of hydrogen-bond donors (Lipinski definition) is 1. The maximum absolute atomic E-state index is 11.0. The van der Waals surface area contributed by atoms with Crippen molar-refractivity contribution < 1.29 is 19.6 Å². The molecule has 104 valence electrons. The molecule has 0 atom stereocenters. The highest BCUT2D eigenvalue weighted by molar-refractivity contribution is 5.90. The maximum atomic E-state index is 11.0. The Bertz CT molecular complexity index is 767. The van der Waals surface area contributed by atoms with Gasteiger partial charge in [0.05, 0.1) is 11.1 Å². The Kier molecular flexibility index (Phi) is 3.76. The third-order valence-electron chi connectivity index (χ3n) is 2.53. The third kappa shape index (κ3) is 2.93. The predicted molar refractivity (Wildman–Crippen MR) is 69.1 cm³/mol. The number of ether oxygens (including phenoxy) is 1. The van der Waals surface area contributed by atoms with Crippen LogP contribution in [-0.2, 0) is 0 Å². The van der Waals surface area contributed by atoms with Gasteiger partial charge in [0.15, 0.2) is 5.75 Å². The van der Waals surface area contributed by atoms with Gasteiger partial charge in [-0.3, -0.25) is 15.1 Å². The smallest absolute Gasteiger partial charge is 0.339 e.